The van der Waals surface area contributed by atoms with E-state index in [0.29, 0.717) is 5.02 Å². The van der Waals surface area contributed by atoms with Crippen molar-refractivity contribution >= 4 is 23.4 Å². The number of hydrogen-bond acceptors (Lipinski definition) is 4. The van der Waals surface area contributed by atoms with Crippen LogP contribution in [0.3, 0.4) is 0 Å². The topological polar surface area (TPSA) is 38.7 Å². The molecule has 0 fully saturated rings. The first-order valence-corrected chi connectivity index (χ1v) is 7.96. The highest BCUT2D eigenvalue weighted by Crippen LogP contribution is 2.27. The Hall–Kier alpha value is -1.91. The number of rotatable bonds is 3. The maximum atomic E-state index is 5.89. The molecule has 0 aromatic carbocycles. The van der Waals surface area contributed by atoms with Crippen LogP contribution in [0.4, 0.5) is 0 Å². The first-order valence-electron chi connectivity index (χ1n) is 6.35. The Morgan fingerprint density at radius 2 is 1.67 bits per heavy atom. The minimum Gasteiger partial charge on any atom is -0.255 e. The maximum Gasteiger partial charge on any atom is 0.0905 e. The van der Waals surface area contributed by atoms with Crippen LogP contribution in [0, 0.1) is 0 Å². The van der Waals surface area contributed by atoms with Crippen LogP contribution in [0.15, 0.2) is 59.8 Å². The Kier molecular flexibility index (Phi) is 4.18. The summed E-state index contributed by atoms with van der Waals surface area (Å²) in [6.07, 6.45) is 5.43. The van der Waals surface area contributed by atoms with Crippen molar-refractivity contribution in [3.8, 4) is 22.8 Å². The van der Waals surface area contributed by atoms with E-state index in [4.69, 9.17) is 11.6 Å². The monoisotopic (exact) mass is 313 g/mol. The Labute approximate surface area is 132 Å². The van der Waals surface area contributed by atoms with Crippen molar-refractivity contribution < 1.29 is 0 Å². The van der Waals surface area contributed by atoms with E-state index >= 15 is 0 Å². The van der Waals surface area contributed by atoms with Crippen molar-refractivity contribution in [1.29, 1.82) is 0 Å². The van der Waals surface area contributed by atoms with Crippen LogP contribution >= 0.6 is 23.4 Å². The van der Waals surface area contributed by atoms with Gasteiger partial charge in [0.1, 0.15) is 0 Å². The second-order valence-electron chi connectivity index (χ2n) is 4.35. The zero-order chi connectivity index (χ0) is 14.7. The van der Waals surface area contributed by atoms with Crippen molar-refractivity contribution in [2.75, 3.05) is 6.26 Å². The first-order chi connectivity index (χ1) is 10.3. The molecule has 0 spiro atoms. The molecule has 0 bridgehead atoms. The summed E-state index contributed by atoms with van der Waals surface area (Å²) < 4.78 is 0. The lowest BCUT2D eigenvalue weighted by atomic mass is 10.2. The predicted octanol–water partition coefficient (Wildman–Crippen LogP) is 4.58. The summed E-state index contributed by atoms with van der Waals surface area (Å²) in [6.45, 7) is 0. The fraction of sp³-hybridized carbons (Fsp3) is 0.0625. The van der Waals surface area contributed by atoms with Gasteiger partial charge < -0.3 is 0 Å². The van der Waals surface area contributed by atoms with Gasteiger partial charge >= 0.3 is 0 Å². The summed E-state index contributed by atoms with van der Waals surface area (Å²) in [7, 11) is 0. The fourth-order valence-electron chi connectivity index (χ4n) is 1.93. The average molecular weight is 314 g/mol. The summed E-state index contributed by atoms with van der Waals surface area (Å²) >= 11 is 7.56. The molecular formula is C16H12ClN3S. The lowest BCUT2D eigenvalue weighted by molar-refractivity contribution is 1.19. The van der Waals surface area contributed by atoms with Gasteiger partial charge in [-0.05, 0) is 42.7 Å². The van der Waals surface area contributed by atoms with E-state index in [2.05, 4.69) is 15.0 Å². The minimum absolute atomic E-state index is 0.615. The highest BCUT2D eigenvalue weighted by Gasteiger charge is 2.08. The molecule has 3 nitrogen and oxygen atoms in total. The third kappa shape index (κ3) is 3.23. The van der Waals surface area contributed by atoms with Crippen LogP contribution in [0.5, 0.6) is 0 Å². The number of hydrogen-bond donors (Lipinski definition) is 0. The highest BCUT2D eigenvalue weighted by atomic mass is 35.5. The third-order valence-electron chi connectivity index (χ3n) is 2.95. The van der Waals surface area contributed by atoms with Gasteiger partial charge in [0.25, 0.3) is 0 Å². The second-order valence-corrected chi connectivity index (χ2v) is 5.67. The molecular weight excluding hydrogens is 302 g/mol. The molecule has 3 aromatic rings. The van der Waals surface area contributed by atoms with Gasteiger partial charge in [0.15, 0.2) is 0 Å². The summed E-state index contributed by atoms with van der Waals surface area (Å²) in [5.41, 5.74) is 3.31. The molecule has 104 valence electrons. The average Bonchev–Trinajstić information content (AvgIpc) is 2.56. The Morgan fingerprint density at radius 3 is 2.24 bits per heavy atom. The molecule has 0 amide bonds. The van der Waals surface area contributed by atoms with Crippen molar-refractivity contribution in [3.63, 3.8) is 0 Å². The van der Waals surface area contributed by atoms with Crippen molar-refractivity contribution in [2.24, 2.45) is 0 Å². The summed E-state index contributed by atoms with van der Waals surface area (Å²) in [5.74, 6) is 0. The van der Waals surface area contributed by atoms with Gasteiger partial charge in [-0.25, -0.2) is 4.98 Å². The molecule has 0 aliphatic rings. The fourth-order valence-corrected chi connectivity index (χ4v) is 2.50. The smallest absolute Gasteiger partial charge is 0.0905 e. The lowest BCUT2D eigenvalue weighted by Crippen LogP contribution is -1.93. The largest absolute Gasteiger partial charge is 0.255 e. The molecule has 0 N–H and O–H groups in total. The van der Waals surface area contributed by atoms with Crippen molar-refractivity contribution in [2.45, 2.75) is 4.90 Å². The number of aromatic nitrogens is 3. The van der Waals surface area contributed by atoms with Gasteiger partial charge in [-0.1, -0.05) is 17.7 Å². The van der Waals surface area contributed by atoms with E-state index < -0.39 is 0 Å². The standard InChI is InChI=1S/C16H12ClN3S/c1-21-12-8-15(13-4-2-3-7-18-13)20-16(9-12)14-6-5-11(17)10-19-14/h2-10H,1H3. The molecule has 0 saturated carbocycles. The van der Waals surface area contributed by atoms with Gasteiger partial charge in [-0.2, -0.15) is 0 Å². The van der Waals surface area contributed by atoms with E-state index in [1.165, 1.54) is 0 Å². The van der Waals surface area contributed by atoms with Crippen LogP contribution in [0.2, 0.25) is 5.02 Å². The lowest BCUT2D eigenvalue weighted by Gasteiger charge is -2.07. The van der Waals surface area contributed by atoms with E-state index in [1.807, 2.05) is 48.7 Å². The Balaban J connectivity index is 2.11. The zero-order valence-electron chi connectivity index (χ0n) is 11.3. The van der Waals surface area contributed by atoms with Crippen LogP contribution < -0.4 is 0 Å². The predicted molar refractivity (Wildman–Crippen MR) is 87.5 cm³/mol. The van der Waals surface area contributed by atoms with E-state index in [0.717, 1.165) is 27.7 Å². The van der Waals surface area contributed by atoms with Crippen molar-refractivity contribution in [1.82, 2.24) is 15.0 Å². The molecule has 21 heavy (non-hydrogen) atoms. The summed E-state index contributed by atoms with van der Waals surface area (Å²) in [4.78, 5) is 14.5. The number of pyridine rings is 3. The van der Waals surface area contributed by atoms with Crippen LogP contribution in [0.1, 0.15) is 0 Å². The first kappa shape index (κ1) is 14.0. The molecule has 5 heteroatoms. The minimum atomic E-state index is 0.615. The molecule has 3 aromatic heterocycles. The van der Waals surface area contributed by atoms with E-state index in [-0.39, 0.29) is 0 Å². The molecule has 0 unspecified atom stereocenters. The van der Waals surface area contributed by atoms with Gasteiger partial charge in [0.2, 0.25) is 0 Å². The third-order valence-corrected chi connectivity index (χ3v) is 3.88. The van der Waals surface area contributed by atoms with Crippen LogP contribution in [-0.4, -0.2) is 21.2 Å². The SMILES string of the molecule is CSc1cc(-c2ccccn2)nc(-c2ccc(Cl)cn2)c1. The number of thioether (sulfide) groups is 1. The van der Waals surface area contributed by atoms with Gasteiger partial charge in [-0.15, -0.1) is 11.8 Å². The van der Waals surface area contributed by atoms with Gasteiger partial charge in [0.05, 0.1) is 27.8 Å². The molecule has 0 radical (unpaired) electrons. The van der Waals surface area contributed by atoms with Gasteiger partial charge in [0, 0.05) is 17.3 Å². The van der Waals surface area contributed by atoms with Crippen LogP contribution in [-0.2, 0) is 0 Å². The molecule has 0 atom stereocenters. The number of halogens is 1. The van der Waals surface area contributed by atoms with E-state index in [9.17, 15) is 0 Å². The molecule has 0 saturated heterocycles. The summed E-state index contributed by atoms with van der Waals surface area (Å²) in [5, 5.41) is 0.615. The molecule has 0 aliphatic carbocycles. The second kappa shape index (κ2) is 6.24. The quantitative estimate of drug-likeness (QED) is 0.663. The summed E-state index contributed by atoms with van der Waals surface area (Å²) in [6, 6.07) is 13.5. The zero-order valence-corrected chi connectivity index (χ0v) is 12.9. The van der Waals surface area contributed by atoms with E-state index in [1.54, 1.807) is 24.2 Å². The molecule has 3 rings (SSSR count). The highest BCUT2D eigenvalue weighted by molar-refractivity contribution is 7.98. The van der Waals surface area contributed by atoms with Gasteiger partial charge in [-0.3, -0.25) is 9.97 Å². The Morgan fingerprint density at radius 1 is 0.905 bits per heavy atom. The Bertz CT molecular complexity index is 745. The normalized spacial score (nSPS) is 10.6. The van der Waals surface area contributed by atoms with Crippen LogP contribution in [0.25, 0.3) is 22.8 Å². The molecule has 3 heterocycles. The molecule has 0 aliphatic heterocycles. The maximum absolute atomic E-state index is 5.89. The number of nitrogens with zero attached hydrogens (tertiary/aromatic N) is 3. The van der Waals surface area contributed by atoms with Crippen molar-refractivity contribution in [3.05, 3.63) is 59.9 Å².